The van der Waals surface area contributed by atoms with Crippen LogP contribution in [-0.4, -0.2) is 34.3 Å². The maximum absolute atomic E-state index is 12.1. The molecule has 2 rings (SSSR count). The average Bonchev–Trinajstić information content (AvgIpc) is 2.65. The van der Waals surface area contributed by atoms with E-state index in [0.717, 1.165) is 5.56 Å². The zero-order valence-electron chi connectivity index (χ0n) is 14.7. The monoisotopic (exact) mass is 343 g/mol. The van der Waals surface area contributed by atoms with Gasteiger partial charge in [-0.15, -0.1) is 0 Å². The molecule has 6 nitrogen and oxygen atoms in total. The van der Waals surface area contributed by atoms with Gasteiger partial charge < -0.3 is 24.3 Å². The summed E-state index contributed by atoms with van der Waals surface area (Å²) >= 11 is 0. The van der Waals surface area contributed by atoms with E-state index in [1.54, 1.807) is 64.8 Å². The van der Waals surface area contributed by atoms with Gasteiger partial charge in [-0.25, -0.2) is 0 Å². The van der Waals surface area contributed by atoms with Crippen LogP contribution in [0.25, 0.3) is 6.08 Å². The highest BCUT2D eigenvalue weighted by atomic mass is 16.5. The number of hydrogen-bond donors (Lipinski definition) is 1. The zero-order chi connectivity index (χ0) is 18.2. The summed E-state index contributed by atoms with van der Waals surface area (Å²) in [6, 6.07) is 10.6. The molecule has 0 bridgehead atoms. The molecule has 0 aliphatic heterocycles. The van der Waals surface area contributed by atoms with Crippen LogP contribution in [0.15, 0.2) is 42.5 Å². The molecule has 0 aromatic heterocycles. The average molecular weight is 343 g/mol. The summed E-state index contributed by atoms with van der Waals surface area (Å²) in [6.07, 6.45) is 3.13. The Balaban J connectivity index is 2.08. The summed E-state index contributed by atoms with van der Waals surface area (Å²) in [5.41, 5.74) is 1.43. The van der Waals surface area contributed by atoms with Crippen LogP contribution in [0.2, 0.25) is 0 Å². The van der Waals surface area contributed by atoms with Gasteiger partial charge in [-0.3, -0.25) is 4.79 Å². The van der Waals surface area contributed by atoms with Crippen LogP contribution < -0.4 is 24.3 Å². The Bertz CT molecular complexity index is 770. The molecule has 2 aromatic rings. The van der Waals surface area contributed by atoms with Gasteiger partial charge in [0.25, 0.3) is 0 Å². The Morgan fingerprint density at radius 3 is 1.96 bits per heavy atom. The second-order valence-corrected chi connectivity index (χ2v) is 5.01. The number of carbonyl (C=O) groups is 1. The molecule has 0 fully saturated rings. The van der Waals surface area contributed by atoms with Crippen molar-refractivity contribution in [3.05, 3.63) is 48.0 Å². The SMILES string of the molecule is COc1ccc(/C=C\C(=O)Nc2ccc(OC)c(OC)c2)cc1OC. The quantitative estimate of drug-likeness (QED) is 0.781. The van der Waals surface area contributed by atoms with Gasteiger partial charge in [-0.05, 0) is 35.9 Å². The van der Waals surface area contributed by atoms with Gasteiger partial charge in [-0.2, -0.15) is 0 Å². The summed E-state index contributed by atoms with van der Waals surface area (Å²) in [7, 11) is 6.24. The predicted octanol–water partition coefficient (Wildman–Crippen LogP) is 3.37. The lowest BCUT2D eigenvalue weighted by atomic mass is 10.2. The Labute approximate surface area is 147 Å². The zero-order valence-corrected chi connectivity index (χ0v) is 14.7. The smallest absolute Gasteiger partial charge is 0.248 e. The van der Waals surface area contributed by atoms with Gasteiger partial charge in [0.2, 0.25) is 5.91 Å². The third kappa shape index (κ3) is 4.67. The fourth-order valence-electron chi connectivity index (χ4n) is 2.23. The van der Waals surface area contributed by atoms with E-state index in [1.807, 2.05) is 6.07 Å². The minimum atomic E-state index is -0.262. The van der Waals surface area contributed by atoms with Crippen molar-refractivity contribution in [2.24, 2.45) is 0 Å². The van der Waals surface area contributed by atoms with Crippen molar-refractivity contribution in [2.75, 3.05) is 33.8 Å². The highest BCUT2D eigenvalue weighted by molar-refractivity contribution is 6.02. The highest BCUT2D eigenvalue weighted by Crippen LogP contribution is 2.30. The number of hydrogen-bond acceptors (Lipinski definition) is 5. The Hall–Kier alpha value is -3.15. The first-order valence-electron chi connectivity index (χ1n) is 7.54. The summed E-state index contributed by atoms with van der Waals surface area (Å²) < 4.78 is 20.8. The second kappa shape index (κ2) is 8.63. The number of amides is 1. The van der Waals surface area contributed by atoms with Crippen molar-refractivity contribution in [2.45, 2.75) is 0 Å². The molecule has 0 radical (unpaired) electrons. The maximum Gasteiger partial charge on any atom is 0.248 e. The summed E-state index contributed by atoms with van der Waals surface area (Å²) in [5.74, 6) is 2.12. The van der Waals surface area contributed by atoms with Crippen molar-refractivity contribution in [1.29, 1.82) is 0 Å². The molecule has 0 heterocycles. The van der Waals surface area contributed by atoms with Gasteiger partial charge in [0, 0.05) is 17.8 Å². The Morgan fingerprint density at radius 2 is 1.36 bits per heavy atom. The Kier molecular flexibility index (Phi) is 6.28. The van der Waals surface area contributed by atoms with E-state index in [-0.39, 0.29) is 5.91 Å². The molecule has 25 heavy (non-hydrogen) atoms. The standard InChI is InChI=1S/C19H21NO5/c1-22-15-8-5-13(11-17(15)24-3)6-10-19(21)20-14-7-9-16(23-2)18(12-14)25-4/h5-12H,1-4H3,(H,20,21)/b10-6-. The maximum atomic E-state index is 12.1. The van der Waals surface area contributed by atoms with Crippen molar-refractivity contribution >= 4 is 17.7 Å². The lowest BCUT2D eigenvalue weighted by Gasteiger charge is -2.09. The first-order valence-corrected chi connectivity index (χ1v) is 7.54. The van der Waals surface area contributed by atoms with Gasteiger partial charge in [-0.1, -0.05) is 6.07 Å². The van der Waals surface area contributed by atoms with Crippen LogP contribution >= 0.6 is 0 Å². The van der Waals surface area contributed by atoms with Crippen molar-refractivity contribution in [3.63, 3.8) is 0 Å². The van der Waals surface area contributed by atoms with Crippen LogP contribution in [0.1, 0.15) is 5.56 Å². The van der Waals surface area contributed by atoms with Gasteiger partial charge >= 0.3 is 0 Å². The molecule has 0 spiro atoms. The fraction of sp³-hybridized carbons (Fsp3) is 0.211. The van der Waals surface area contributed by atoms with Crippen LogP contribution in [0, 0.1) is 0 Å². The van der Waals surface area contributed by atoms with E-state index in [4.69, 9.17) is 18.9 Å². The molecule has 0 atom stereocenters. The molecule has 0 aliphatic rings. The molecule has 0 saturated carbocycles. The number of methoxy groups -OCH3 is 4. The molecule has 1 N–H and O–H groups in total. The largest absolute Gasteiger partial charge is 0.493 e. The number of carbonyl (C=O) groups excluding carboxylic acids is 1. The van der Waals surface area contributed by atoms with Crippen molar-refractivity contribution in [1.82, 2.24) is 0 Å². The minimum absolute atomic E-state index is 0.262. The predicted molar refractivity (Wildman–Crippen MR) is 96.8 cm³/mol. The van der Waals surface area contributed by atoms with E-state index in [0.29, 0.717) is 28.7 Å². The third-order valence-electron chi connectivity index (χ3n) is 3.49. The Morgan fingerprint density at radius 1 is 0.800 bits per heavy atom. The summed E-state index contributed by atoms with van der Waals surface area (Å²) in [5, 5.41) is 2.77. The number of ether oxygens (including phenoxy) is 4. The first kappa shape index (κ1) is 18.2. The minimum Gasteiger partial charge on any atom is -0.493 e. The molecule has 0 saturated heterocycles. The van der Waals surface area contributed by atoms with Crippen LogP contribution in [-0.2, 0) is 4.79 Å². The first-order chi connectivity index (χ1) is 12.1. The summed E-state index contributed by atoms with van der Waals surface area (Å²) in [4.78, 5) is 12.1. The summed E-state index contributed by atoms with van der Waals surface area (Å²) in [6.45, 7) is 0. The van der Waals surface area contributed by atoms with E-state index in [1.165, 1.54) is 6.08 Å². The third-order valence-corrected chi connectivity index (χ3v) is 3.49. The van der Waals surface area contributed by atoms with Gasteiger partial charge in [0.1, 0.15) is 0 Å². The van der Waals surface area contributed by atoms with Gasteiger partial charge in [0.15, 0.2) is 23.0 Å². The van der Waals surface area contributed by atoms with Crippen LogP contribution in [0.5, 0.6) is 23.0 Å². The van der Waals surface area contributed by atoms with E-state index < -0.39 is 0 Å². The van der Waals surface area contributed by atoms with E-state index in [9.17, 15) is 4.79 Å². The highest BCUT2D eigenvalue weighted by Gasteiger charge is 2.06. The van der Waals surface area contributed by atoms with Gasteiger partial charge in [0.05, 0.1) is 28.4 Å². The fourth-order valence-corrected chi connectivity index (χ4v) is 2.23. The van der Waals surface area contributed by atoms with E-state index >= 15 is 0 Å². The molecule has 0 aliphatic carbocycles. The van der Waals surface area contributed by atoms with E-state index in [2.05, 4.69) is 5.32 Å². The lowest BCUT2D eigenvalue weighted by Crippen LogP contribution is -2.08. The molecular weight excluding hydrogens is 322 g/mol. The van der Waals surface area contributed by atoms with Crippen LogP contribution in [0.4, 0.5) is 5.69 Å². The lowest BCUT2D eigenvalue weighted by molar-refractivity contribution is -0.111. The topological polar surface area (TPSA) is 66.0 Å². The molecule has 132 valence electrons. The molecule has 0 unspecified atom stereocenters. The number of nitrogens with one attached hydrogen (secondary N) is 1. The molecular formula is C19H21NO5. The number of anilines is 1. The second-order valence-electron chi connectivity index (χ2n) is 5.01. The molecule has 2 aromatic carbocycles. The van der Waals surface area contributed by atoms with Crippen molar-refractivity contribution in [3.8, 4) is 23.0 Å². The normalized spacial score (nSPS) is 10.4. The molecule has 1 amide bonds. The molecule has 6 heteroatoms. The van der Waals surface area contributed by atoms with Crippen molar-refractivity contribution < 1.29 is 23.7 Å². The number of benzene rings is 2. The van der Waals surface area contributed by atoms with Crippen LogP contribution in [0.3, 0.4) is 0 Å². The number of rotatable bonds is 7.